The maximum absolute atomic E-state index is 2.30. The van der Waals surface area contributed by atoms with Crippen molar-refractivity contribution in [2.24, 2.45) is 11.8 Å². The highest BCUT2D eigenvalue weighted by Crippen LogP contribution is 2.29. The Balaban J connectivity index is 2.25. The van der Waals surface area contributed by atoms with Crippen molar-refractivity contribution in [1.29, 1.82) is 0 Å². The summed E-state index contributed by atoms with van der Waals surface area (Å²) in [6.45, 7) is 0. The third-order valence-corrected chi connectivity index (χ3v) is 2.06. The van der Waals surface area contributed by atoms with E-state index in [0.29, 0.717) is 0 Å². The molecular formula is C9H10. The predicted molar refractivity (Wildman–Crippen MR) is 39.0 cm³/mol. The fraction of sp³-hybridized carbons (Fsp3) is 0.333. The van der Waals surface area contributed by atoms with Gasteiger partial charge in [-0.2, -0.15) is 0 Å². The number of hydrogen-bond donors (Lipinski definition) is 0. The standard InChI is InChI=1S/C9H10/c1-2-5-9-7-3-6-8(9)4-1/h1-6,8-9H,7H2. The van der Waals surface area contributed by atoms with Gasteiger partial charge in [0.2, 0.25) is 0 Å². The molecule has 0 bridgehead atoms. The molecule has 0 heteroatoms. The summed E-state index contributed by atoms with van der Waals surface area (Å²) in [6.07, 6.45) is 14.7. The average molecular weight is 118 g/mol. The summed E-state index contributed by atoms with van der Waals surface area (Å²) < 4.78 is 0. The Kier molecular flexibility index (Phi) is 1.05. The molecule has 46 valence electrons. The molecule has 0 aliphatic heterocycles. The summed E-state index contributed by atoms with van der Waals surface area (Å²) in [5.41, 5.74) is 0. The van der Waals surface area contributed by atoms with Gasteiger partial charge in [0.15, 0.2) is 0 Å². The van der Waals surface area contributed by atoms with Gasteiger partial charge in [-0.15, -0.1) is 0 Å². The zero-order chi connectivity index (χ0) is 6.10. The maximum Gasteiger partial charge on any atom is 0.00156 e. The first-order chi connectivity index (χ1) is 4.47. The van der Waals surface area contributed by atoms with Crippen LogP contribution in [0.25, 0.3) is 0 Å². The molecule has 2 rings (SSSR count). The highest BCUT2D eigenvalue weighted by molar-refractivity contribution is 5.22. The topological polar surface area (TPSA) is 0 Å². The Bertz CT molecular complexity index is 184. The first kappa shape index (κ1) is 5.04. The van der Waals surface area contributed by atoms with Crippen LogP contribution in [0.3, 0.4) is 0 Å². The van der Waals surface area contributed by atoms with Crippen LogP contribution in [0.15, 0.2) is 36.5 Å². The first-order valence-electron chi connectivity index (χ1n) is 3.48. The van der Waals surface area contributed by atoms with Crippen LogP contribution in [0.1, 0.15) is 6.42 Å². The van der Waals surface area contributed by atoms with E-state index in [1.807, 2.05) is 0 Å². The summed E-state index contributed by atoms with van der Waals surface area (Å²) in [7, 11) is 0. The zero-order valence-electron chi connectivity index (χ0n) is 5.33. The molecule has 0 saturated carbocycles. The summed E-state index contributed by atoms with van der Waals surface area (Å²) in [5, 5.41) is 0. The Morgan fingerprint density at radius 2 is 1.89 bits per heavy atom. The van der Waals surface area contributed by atoms with Gasteiger partial charge in [0.05, 0.1) is 0 Å². The van der Waals surface area contributed by atoms with Gasteiger partial charge >= 0.3 is 0 Å². The molecule has 0 N–H and O–H groups in total. The van der Waals surface area contributed by atoms with Gasteiger partial charge < -0.3 is 0 Å². The summed E-state index contributed by atoms with van der Waals surface area (Å²) in [6, 6.07) is 0. The number of rotatable bonds is 0. The van der Waals surface area contributed by atoms with Crippen LogP contribution < -0.4 is 0 Å². The molecule has 0 saturated heterocycles. The lowest BCUT2D eigenvalue weighted by Crippen LogP contribution is -2.03. The van der Waals surface area contributed by atoms with Crippen molar-refractivity contribution in [2.45, 2.75) is 6.42 Å². The normalized spacial score (nSPS) is 37.3. The molecule has 9 heavy (non-hydrogen) atoms. The number of hydrogen-bond acceptors (Lipinski definition) is 0. The number of allylic oxidation sites excluding steroid dienone is 6. The SMILES string of the molecule is C1=CC2C=CCC2C=C1. The summed E-state index contributed by atoms with van der Waals surface area (Å²) in [4.78, 5) is 0. The van der Waals surface area contributed by atoms with Gasteiger partial charge in [-0.05, 0) is 12.3 Å². The fourth-order valence-electron chi connectivity index (χ4n) is 1.51. The van der Waals surface area contributed by atoms with Crippen LogP contribution in [0.2, 0.25) is 0 Å². The lowest BCUT2D eigenvalue weighted by Gasteiger charge is -2.13. The molecule has 0 fully saturated rings. The van der Waals surface area contributed by atoms with E-state index >= 15 is 0 Å². The van der Waals surface area contributed by atoms with E-state index in [1.165, 1.54) is 6.42 Å². The van der Waals surface area contributed by atoms with Crippen LogP contribution in [-0.4, -0.2) is 0 Å². The van der Waals surface area contributed by atoms with Crippen molar-refractivity contribution in [2.75, 3.05) is 0 Å². The van der Waals surface area contributed by atoms with E-state index < -0.39 is 0 Å². The third-order valence-electron chi connectivity index (χ3n) is 2.06. The second-order valence-corrected chi connectivity index (χ2v) is 2.67. The molecule has 0 heterocycles. The van der Waals surface area contributed by atoms with E-state index in [9.17, 15) is 0 Å². The second-order valence-electron chi connectivity index (χ2n) is 2.67. The van der Waals surface area contributed by atoms with Crippen molar-refractivity contribution in [3.63, 3.8) is 0 Å². The van der Waals surface area contributed by atoms with E-state index in [-0.39, 0.29) is 0 Å². The molecule has 2 aliphatic carbocycles. The van der Waals surface area contributed by atoms with Gasteiger partial charge in [0.1, 0.15) is 0 Å². The van der Waals surface area contributed by atoms with Gasteiger partial charge in [0.25, 0.3) is 0 Å². The molecule has 0 aromatic carbocycles. The molecule has 0 spiro atoms. The Labute approximate surface area is 55.6 Å². The number of fused-ring (bicyclic) bond motifs is 1. The fourth-order valence-corrected chi connectivity index (χ4v) is 1.51. The van der Waals surface area contributed by atoms with Crippen molar-refractivity contribution in [3.05, 3.63) is 36.5 Å². The smallest absolute Gasteiger partial charge is 0.00156 e. The highest BCUT2D eigenvalue weighted by Gasteiger charge is 2.18. The third kappa shape index (κ3) is 0.748. The quantitative estimate of drug-likeness (QED) is 0.428. The van der Waals surface area contributed by atoms with E-state index in [0.717, 1.165) is 11.8 Å². The Morgan fingerprint density at radius 1 is 1.00 bits per heavy atom. The summed E-state index contributed by atoms with van der Waals surface area (Å²) >= 11 is 0. The van der Waals surface area contributed by atoms with Crippen molar-refractivity contribution in [1.82, 2.24) is 0 Å². The van der Waals surface area contributed by atoms with Crippen LogP contribution in [0.5, 0.6) is 0 Å². The Morgan fingerprint density at radius 3 is 2.78 bits per heavy atom. The molecule has 2 atom stereocenters. The second kappa shape index (κ2) is 1.87. The highest BCUT2D eigenvalue weighted by atomic mass is 14.2. The zero-order valence-corrected chi connectivity index (χ0v) is 5.33. The lowest BCUT2D eigenvalue weighted by molar-refractivity contribution is 0.596. The lowest BCUT2D eigenvalue weighted by atomic mass is 9.92. The predicted octanol–water partition coefficient (Wildman–Crippen LogP) is 2.30. The van der Waals surface area contributed by atoms with Crippen molar-refractivity contribution < 1.29 is 0 Å². The molecule has 2 unspecified atom stereocenters. The van der Waals surface area contributed by atoms with Crippen molar-refractivity contribution >= 4 is 0 Å². The first-order valence-corrected chi connectivity index (χ1v) is 3.48. The molecular weight excluding hydrogens is 108 g/mol. The largest absolute Gasteiger partial charge is 0.0873 e. The molecule has 0 amide bonds. The van der Waals surface area contributed by atoms with Gasteiger partial charge in [0, 0.05) is 5.92 Å². The molecule has 0 radical (unpaired) electrons. The van der Waals surface area contributed by atoms with Crippen LogP contribution >= 0.6 is 0 Å². The minimum Gasteiger partial charge on any atom is -0.0873 e. The maximum atomic E-state index is 2.30. The minimum absolute atomic E-state index is 0.718. The van der Waals surface area contributed by atoms with E-state index in [4.69, 9.17) is 0 Å². The molecule has 0 nitrogen and oxygen atoms in total. The van der Waals surface area contributed by atoms with Gasteiger partial charge in [-0.1, -0.05) is 36.5 Å². The minimum atomic E-state index is 0.718. The molecule has 2 aliphatic rings. The van der Waals surface area contributed by atoms with Gasteiger partial charge in [-0.25, -0.2) is 0 Å². The monoisotopic (exact) mass is 118 g/mol. The summed E-state index contributed by atoms with van der Waals surface area (Å²) in [5.74, 6) is 1.50. The Hall–Kier alpha value is -0.780. The average Bonchev–Trinajstić information content (AvgIpc) is 2.33. The van der Waals surface area contributed by atoms with Gasteiger partial charge in [-0.3, -0.25) is 0 Å². The van der Waals surface area contributed by atoms with Crippen molar-refractivity contribution in [3.8, 4) is 0 Å². The van der Waals surface area contributed by atoms with Crippen LogP contribution in [0.4, 0.5) is 0 Å². The van der Waals surface area contributed by atoms with Crippen LogP contribution in [-0.2, 0) is 0 Å². The van der Waals surface area contributed by atoms with E-state index in [2.05, 4.69) is 36.5 Å². The molecule has 0 aromatic heterocycles. The van der Waals surface area contributed by atoms with Crippen LogP contribution in [0, 0.1) is 11.8 Å². The molecule has 0 aromatic rings. The van der Waals surface area contributed by atoms with E-state index in [1.54, 1.807) is 0 Å².